The summed E-state index contributed by atoms with van der Waals surface area (Å²) in [5, 5.41) is 10.0. The molecule has 1 spiro atoms. The van der Waals surface area contributed by atoms with Crippen molar-refractivity contribution in [3.05, 3.63) is 66.0 Å². The Balaban J connectivity index is 0.000000383. The van der Waals surface area contributed by atoms with E-state index < -0.39 is 17.7 Å². The second kappa shape index (κ2) is 9.99. The Bertz CT molecular complexity index is 988. The van der Waals surface area contributed by atoms with Gasteiger partial charge >= 0.3 is 12.1 Å². The van der Waals surface area contributed by atoms with Crippen molar-refractivity contribution in [1.29, 1.82) is 0 Å². The molecule has 176 valence electrons. The van der Waals surface area contributed by atoms with E-state index >= 15 is 0 Å². The van der Waals surface area contributed by atoms with E-state index in [1.807, 2.05) is 48.5 Å². The number of rotatable bonds is 3. The number of nitrogens with zero attached hydrogens (tertiary/aromatic N) is 2. The summed E-state index contributed by atoms with van der Waals surface area (Å²) >= 11 is 0. The van der Waals surface area contributed by atoms with E-state index in [9.17, 15) is 22.8 Å². The van der Waals surface area contributed by atoms with Crippen molar-refractivity contribution >= 4 is 17.8 Å². The van der Waals surface area contributed by atoms with E-state index in [-0.39, 0.29) is 30.7 Å². The van der Waals surface area contributed by atoms with E-state index in [0.717, 1.165) is 11.3 Å². The van der Waals surface area contributed by atoms with Crippen molar-refractivity contribution in [3.8, 4) is 0 Å². The van der Waals surface area contributed by atoms with Crippen LogP contribution in [0.1, 0.15) is 17.2 Å². The number of benzene rings is 1. The average Bonchev–Trinajstić information content (AvgIpc) is 3.10. The van der Waals surface area contributed by atoms with Crippen molar-refractivity contribution in [2.45, 2.75) is 24.1 Å². The Labute approximate surface area is 187 Å². The number of halogens is 3. The predicted molar refractivity (Wildman–Crippen MR) is 109 cm³/mol. The summed E-state index contributed by atoms with van der Waals surface area (Å²) in [5.41, 5.74) is 0.762. The summed E-state index contributed by atoms with van der Waals surface area (Å²) in [6, 6.07) is 15.4. The number of aromatic nitrogens is 1. The smallest absolute Gasteiger partial charge is 0.475 e. The van der Waals surface area contributed by atoms with Crippen LogP contribution in [-0.2, 0) is 25.5 Å². The van der Waals surface area contributed by atoms with E-state index in [1.165, 1.54) is 0 Å². The maximum Gasteiger partial charge on any atom is 0.490 e. The van der Waals surface area contributed by atoms with Crippen molar-refractivity contribution in [2.75, 3.05) is 26.2 Å². The molecule has 33 heavy (non-hydrogen) atoms. The van der Waals surface area contributed by atoms with Crippen LogP contribution in [0.5, 0.6) is 0 Å². The van der Waals surface area contributed by atoms with Crippen molar-refractivity contribution < 1.29 is 37.4 Å². The molecule has 2 aliphatic heterocycles. The van der Waals surface area contributed by atoms with Gasteiger partial charge in [0.25, 0.3) is 5.91 Å². The minimum Gasteiger partial charge on any atom is -0.475 e. The van der Waals surface area contributed by atoms with Gasteiger partial charge in [0, 0.05) is 30.9 Å². The Hall–Kier alpha value is -3.47. The molecule has 0 radical (unpaired) electrons. The zero-order valence-electron chi connectivity index (χ0n) is 17.4. The van der Waals surface area contributed by atoms with Crippen molar-refractivity contribution in [1.82, 2.24) is 15.2 Å². The van der Waals surface area contributed by atoms with Gasteiger partial charge in [-0.2, -0.15) is 13.2 Å². The first-order valence-electron chi connectivity index (χ1n) is 10.1. The number of hydrogen-bond donors (Lipinski definition) is 2. The van der Waals surface area contributed by atoms with Gasteiger partial charge in [-0.1, -0.05) is 36.4 Å². The van der Waals surface area contributed by atoms with Crippen LogP contribution >= 0.6 is 0 Å². The summed E-state index contributed by atoms with van der Waals surface area (Å²) < 4.78 is 37.8. The van der Waals surface area contributed by atoms with E-state index in [4.69, 9.17) is 14.6 Å². The number of ether oxygens (including phenoxy) is 1. The molecule has 1 aromatic carbocycles. The van der Waals surface area contributed by atoms with E-state index in [2.05, 4.69) is 10.3 Å². The zero-order chi connectivity index (χ0) is 24.1. The molecule has 0 aliphatic carbocycles. The summed E-state index contributed by atoms with van der Waals surface area (Å²) in [7, 11) is 0. The molecule has 0 bridgehead atoms. The number of nitrogens with one attached hydrogen (secondary N) is 1. The second-order valence-electron chi connectivity index (χ2n) is 7.53. The van der Waals surface area contributed by atoms with Gasteiger partial charge in [-0.15, -0.1) is 0 Å². The molecular formula is C22H22F3N3O5. The standard InChI is InChI=1S/C20H21N3O3.C2HF3O2/c24-18(12-16-8-4-5-9-21-16)23-10-11-26-20(14-23)17(13-22-19(20)25)15-6-2-1-3-7-15;3-2(4,5)1(6)7/h1-9,17H,10-14H2,(H,22,25);(H,6,7). The Morgan fingerprint density at radius 1 is 1.18 bits per heavy atom. The summed E-state index contributed by atoms with van der Waals surface area (Å²) in [4.78, 5) is 40.3. The van der Waals surface area contributed by atoms with Crippen LogP contribution in [0.3, 0.4) is 0 Å². The number of morpholine rings is 1. The van der Waals surface area contributed by atoms with Crippen molar-refractivity contribution in [3.63, 3.8) is 0 Å². The highest BCUT2D eigenvalue weighted by atomic mass is 19.4. The zero-order valence-corrected chi connectivity index (χ0v) is 17.4. The van der Waals surface area contributed by atoms with Gasteiger partial charge in [0.05, 0.1) is 19.6 Å². The van der Waals surface area contributed by atoms with E-state index in [0.29, 0.717) is 19.7 Å². The van der Waals surface area contributed by atoms with Crippen molar-refractivity contribution in [2.24, 2.45) is 0 Å². The highest BCUT2D eigenvalue weighted by Gasteiger charge is 2.55. The highest BCUT2D eigenvalue weighted by molar-refractivity contribution is 5.91. The summed E-state index contributed by atoms with van der Waals surface area (Å²) in [5.74, 6) is -3.03. The largest absolute Gasteiger partial charge is 0.490 e. The minimum absolute atomic E-state index is 0.0297. The average molecular weight is 465 g/mol. The minimum atomic E-state index is -5.08. The first kappa shape index (κ1) is 24.2. The lowest BCUT2D eigenvalue weighted by Crippen LogP contribution is -2.59. The quantitative estimate of drug-likeness (QED) is 0.715. The number of hydrogen-bond acceptors (Lipinski definition) is 5. The third-order valence-electron chi connectivity index (χ3n) is 5.42. The topological polar surface area (TPSA) is 109 Å². The van der Waals surface area contributed by atoms with Gasteiger partial charge in [0.2, 0.25) is 5.91 Å². The third kappa shape index (κ3) is 5.67. The monoisotopic (exact) mass is 465 g/mol. The fourth-order valence-corrected chi connectivity index (χ4v) is 3.82. The molecule has 0 saturated carbocycles. The highest BCUT2D eigenvalue weighted by Crippen LogP contribution is 2.38. The third-order valence-corrected chi connectivity index (χ3v) is 5.42. The fourth-order valence-electron chi connectivity index (χ4n) is 3.82. The number of carboxylic acid groups (broad SMARTS) is 1. The lowest BCUT2D eigenvalue weighted by molar-refractivity contribution is -0.192. The summed E-state index contributed by atoms with van der Waals surface area (Å²) in [6.07, 6.45) is -3.17. The normalized spacial score (nSPS) is 22.3. The number of carboxylic acids is 1. The number of carbonyl (C=O) groups is 3. The van der Waals surface area contributed by atoms with Gasteiger partial charge in [-0.25, -0.2) is 4.79 Å². The molecule has 2 unspecified atom stereocenters. The lowest BCUT2D eigenvalue weighted by atomic mass is 9.83. The number of alkyl halides is 3. The fraction of sp³-hybridized carbons (Fsp3) is 0.364. The van der Waals surface area contributed by atoms with Crippen LogP contribution < -0.4 is 5.32 Å². The number of pyridine rings is 1. The molecule has 2 fully saturated rings. The maximum atomic E-state index is 12.8. The molecule has 3 heterocycles. The second-order valence-corrected chi connectivity index (χ2v) is 7.53. The number of aliphatic carboxylic acids is 1. The Morgan fingerprint density at radius 2 is 1.85 bits per heavy atom. The number of amides is 2. The molecular weight excluding hydrogens is 443 g/mol. The van der Waals surface area contributed by atoms with Gasteiger partial charge in [-0.05, 0) is 17.7 Å². The molecule has 8 nitrogen and oxygen atoms in total. The molecule has 1 aromatic heterocycles. The van der Waals surface area contributed by atoms with Gasteiger partial charge in [-0.3, -0.25) is 14.6 Å². The first-order chi connectivity index (χ1) is 15.6. The molecule has 2 N–H and O–H groups in total. The van der Waals surface area contributed by atoms with Gasteiger partial charge < -0.3 is 20.1 Å². The van der Waals surface area contributed by atoms with Gasteiger partial charge in [0.15, 0.2) is 5.60 Å². The molecule has 2 atom stereocenters. The molecule has 2 aliphatic rings. The van der Waals surface area contributed by atoms with Crippen LogP contribution in [0.4, 0.5) is 13.2 Å². The SMILES string of the molecule is O=C(Cc1ccccn1)N1CCOC2(C1)C(=O)NCC2c1ccccc1.O=C(O)C(F)(F)F. The Morgan fingerprint density at radius 3 is 2.45 bits per heavy atom. The molecule has 2 saturated heterocycles. The van der Waals surface area contributed by atoms with E-state index in [1.54, 1.807) is 11.1 Å². The Kier molecular flexibility index (Phi) is 7.32. The maximum absolute atomic E-state index is 12.8. The van der Waals surface area contributed by atoms with Gasteiger partial charge in [0.1, 0.15) is 0 Å². The predicted octanol–water partition coefficient (Wildman–Crippen LogP) is 1.77. The molecule has 2 amide bonds. The summed E-state index contributed by atoms with van der Waals surface area (Å²) in [6.45, 7) is 1.63. The van der Waals surface area contributed by atoms with Crippen LogP contribution in [0, 0.1) is 0 Å². The van der Waals surface area contributed by atoms with Crippen LogP contribution in [0.25, 0.3) is 0 Å². The lowest BCUT2D eigenvalue weighted by Gasteiger charge is -2.41. The molecule has 4 rings (SSSR count). The molecule has 2 aromatic rings. The van der Waals surface area contributed by atoms with Crippen LogP contribution in [-0.4, -0.2) is 70.8 Å². The number of carbonyl (C=O) groups excluding carboxylic acids is 2. The van der Waals surface area contributed by atoms with Crippen LogP contribution in [0.2, 0.25) is 0 Å². The molecule has 11 heteroatoms. The first-order valence-corrected chi connectivity index (χ1v) is 10.1. The van der Waals surface area contributed by atoms with Crippen LogP contribution in [0.15, 0.2) is 54.7 Å².